The van der Waals surface area contributed by atoms with Crippen molar-refractivity contribution in [1.82, 2.24) is 5.32 Å². The van der Waals surface area contributed by atoms with E-state index in [0.717, 1.165) is 13.0 Å². The van der Waals surface area contributed by atoms with Crippen LogP contribution in [0.2, 0.25) is 0 Å². The maximum absolute atomic E-state index is 11.7. The van der Waals surface area contributed by atoms with Gasteiger partial charge in [0.05, 0.1) is 0 Å². The van der Waals surface area contributed by atoms with Gasteiger partial charge in [0, 0.05) is 23.3 Å². The number of hydrogen-bond donors (Lipinski definition) is 1. The lowest BCUT2D eigenvalue weighted by atomic mass is 9.84. The topological polar surface area (TPSA) is 29.1 Å². The zero-order chi connectivity index (χ0) is 12.8. The predicted molar refractivity (Wildman–Crippen MR) is 76.9 cm³/mol. The average molecular weight is 263 g/mol. The average Bonchev–Trinajstić information content (AvgIpc) is 3.04. The molecule has 0 spiro atoms. The molecule has 0 aromatic carbocycles. The Hall–Kier alpha value is -1.09. The maximum Gasteiger partial charge on any atom is 0.220 e. The largest absolute Gasteiger partial charge is 0.355 e. The van der Waals surface area contributed by atoms with Gasteiger partial charge in [0.1, 0.15) is 0 Å². The summed E-state index contributed by atoms with van der Waals surface area (Å²) < 4.78 is 0. The number of nitrogens with one attached hydrogen (secondary N) is 1. The SMILES string of the molecule is C=CCCC(=O)NCC1(c2cccs2)CCCC1. The van der Waals surface area contributed by atoms with Gasteiger partial charge in [0.2, 0.25) is 5.91 Å². The Bertz CT molecular complexity index is 391. The molecular weight excluding hydrogens is 242 g/mol. The van der Waals surface area contributed by atoms with Gasteiger partial charge < -0.3 is 5.32 Å². The second-order valence-corrected chi connectivity index (χ2v) is 6.02. The van der Waals surface area contributed by atoms with Crippen molar-refractivity contribution in [2.45, 2.75) is 43.9 Å². The van der Waals surface area contributed by atoms with E-state index in [1.54, 1.807) is 6.08 Å². The van der Waals surface area contributed by atoms with Crippen molar-refractivity contribution in [2.75, 3.05) is 6.54 Å². The van der Waals surface area contributed by atoms with Gasteiger partial charge in [-0.25, -0.2) is 0 Å². The fraction of sp³-hybridized carbons (Fsp3) is 0.533. The number of amides is 1. The van der Waals surface area contributed by atoms with Crippen LogP contribution in [0.15, 0.2) is 30.2 Å². The minimum absolute atomic E-state index is 0.151. The van der Waals surface area contributed by atoms with Gasteiger partial charge in [0.25, 0.3) is 0 Å². The summed E-state index contributed by atoms with van der Waals surface area (Å²) in [5.74, 6) is 0.151. The third kappa shape index (κ3) is 3.02. The highest BCUT2D eigenvalue weighted by molar-refractivity contribution is 7.10. The summed E-state index contributed by atoms with van der Waals surface area (Å²) in [5.41, 5.74) is 0.206. The van der Waals surface area contributed by atoms with Gasteiger partial charge in [-0.2, -0.15) is 0 Å². The third-order valence-corrected chi connectivity index (χ3v) is 4.92. The smallest absolute Gasteiger partial charge is 0.220 e. The minimum Gasteiger partial charge on any atom is -0.355 e. The van der Waals surface area contributed by atoms with E-state index in [1.165, 1.54) is 30.6 Å². The Labute approximate surface area is 113 Å². The number of allylic oxidation sites excluding steroid dienone is 1. The first-order valence-electron chi connectivity index (χ1n) is 6.68. The zero-order valence-electron chi connectivity index (χ0n) is 10.8. The molecule has 0 bridgehead atoms. The van der Waals surface area contributed by atoms with Crippen LogP contribution in [-0.2, 0) is 10.2 Å². The molecule has 1 saturated carbocycles. The van der Waals surface area contributed by atoms with Crippen molar-refractivity contribution >= 4 is 17.2 Å². The Balaban J connectivity index is 1.95. The molecule has 2 nitrogen and oxygen atoms in total. The molecule has 1 aliphatic carbocycles. The van der Waals surface area contributed by atoms with Crippen LogP contribution in [0.3, 0.4) is 0 Å². The Kier molecular flexibility index (Phi) is 4.59. The van der Waals surface area contributed by atoms with E-state index in [0.29, 0.717) is 6.42 Å². The molecule has 2 rings (SSSR count). The highest BCUT2D eigenvalue weighted by Gasteiger charge is 2.36. The van der Waals surface area contributed by atoms with E-state index >= 15 is 0 Å². The molecule has 0 saturated heterocycles. The van der Waals surface area contributed by atoms with E-state index in [2.05, 4.69) is 29.4 Å². The Morgan fingerprint density at radius 2 is 2.28 bits per heavy atom. The maximum atomic E-state index is 11.7. The van der Waals surface area contributed by atoms with E-state index in [9.17, 15) is 4.79 Å². The molecule has 0 unspecified atom stereocenters. The van der Waals surface area contributed by atoms with Gasteiger partial charge in [-0.3, -0.25) is 4.79 Å². The van der Waals surface area contributed by atoms with Crippen LogP contribution < -0.4 is 5.32 Å². The monoisotopic (exact) mass is 263 g/mol. The van der Waals surface area contributed by atoms with Crippen LogP contribution in [0, 0.1) is 0 Å². The van der Waals surface area contributed by atoms with Crippen molar-refractivity contribution in [1.29, 1.82) is 0 Å². The predicted octanol–water partition coefficient (Wildman–Crippen LogP) is 3.64. The van der Waals surface area contributed by atoms with Crippen LogP contribution in [0.4, 0.5) is 0 Å². The van der Waals surface area contributed by atoms with Crippen molar-refractivity contribution < 1.29 is 4.79 Å². The summed E-state index contributed by atoms with van der Waals surface area (Å²) in [4.78, 5) is 13.1. The molecule has 0 atom stereocenters. The molecule has 1 fully saturated rings. The molecule has 0 aliphatic heterocycles. The van der Waals surface area contributed by atoms with Gasteiger partial charge in [-0.15, -0.1) is 17.9 Å². The van der Waals surface area contributed by atoms with Crippen LogP contribution in [0.5, 0.6) is 0 Å². The normalized spacial score (nSPS) is 17.6. The number of carbonyl (C=O) groups is 1. The van der Waals surface area contributed by atoms with Crippen LogP contribution in [0.25, 0.3) is 0 Å². The van der Waals surface area contributed by atoms with E-state index < -0.39 is 0 Å². The molecular formula is C15H21NOS. The number of hydrogen-bond acceptors (Lipinski definition) is 2. The first-order chi connectivity index (χ1) is 8.77. The van der Waals surface area contributed by atoms with E-state index in [1.807, 2.05) is 11.3 Å². The molecule has 1 aromatic heterocycles. The van der Waals surface area contributed by atoms with Gasteiger partial charge >= 0.3 is 0 Å². The molecule has 1 aliphatic rings. The standard InChI is InChI=1S/C15H21NOS/c1-2-3-8-14(17)16-12-15(9-4-5-10-15)13-7-6-11-18-13/h2,6-7,11H,1,3-5,8-10,12H2,(H,16,17). The fourth-order valence-electron chi connectivity index (χ4n) is 2.73. The first-order valence-corrected chi connectivity index (χ1v) is 7.56. The van der Waals surface area contributed by atoms with Gasteiger partial charge in [0.15, 0.2) is 0 Å². The summed E-state index contributed by atoms with van der Waals surface area (Å²) in [5, 5.41) is 5.24. The quantitative estimate of drug-likeness (QED) is 0.780. The molecule has 18 heavy (non-hydrogen) atoms. The Morgan fingerprint density at radius 1 is 1.50 bits per heavy atom. The zero-order valence-corrected chi connectivity index (χ0v) is 11.6. The van der Waals surface area contributed by atoms with E-state index in [-0.39, 0.29) is 11.3 Å². The summed E-state index contributed by atoms with van der Waals surface area (Å²) in [7, 11) is 0. The third-order valence-electron chi connectivity index (χ3n) is 3.80. The molecule has 1 heterocycles. The lowest BCUT2D eigenvalue weighted by Crippen LogP contribution is -2.38. The highest BCUT2D eigenvalue weighted by Crippen LogP contribution is 2.42. The lowest BCUT2D eigenvalue weighted by molar-refractivity contribution is -0.121. The molecule has 1 N–H and O–H groups in total. The number of rotatable bonds is 6. The summed E-state index contributed by atoms with van der Waals surface area (Å²) in [6, 6.07) is 4.32. The summed E-state index contributed by atoms with van der Waals surface area (Å²) >= 11 is 1.82. The Morgan fingerprint density at radius 3 is 2.89 bits per heavy atom. The minimum atomic E-state index is 0.151. The second kappa shape index (κ2) is 6.19. The van der Waals surface area contributed by atoms with Crippen LogP contribution in [0.1, 0.15) is 43.4 Å². The summed E-state index contributed by atoms with van der Waals surface area (Å²) in [6.07, 6.45) is 8.08. The molecule has 0 radical (unpaired) electrons. The van der Waals surface area contributed by atoms with Crippen molar-refractivity contribution in [2.24, 2.45) is 0 Å². The number of thiophene rings is 1. The lowest BCUT2D eigenvalue weighted by Gasteiger charge is -2.28. The van der Waals surface area contributed by atoms with Crippen molar-refractivity contribution in [3.8, 4) is 0 Å². The fourth-order valence-corrected chi connectivity index (χ4v) is 3.72. The highest BCUT2D eigenvalue weighted by atomic mass is 32.1. The van der Waals surface area contributed by atoms with E-state index in [4.69, 9.17) is 0 Å². The first kappa shape index (κ1) is 13.3. The van der Waals surface area contributed by atoms with Crippen LogP contribution >= 0.6 is 11.3 Å². The summed E-state index contributed by atoms with van der Waals surface area (Å²) in [6.45, 7) is 4.44. The number of carbonyl (C=O) groups excluding carboxylic acids is 1. The molecule has 3 heteroatoms. The van der Waals surface area contributed by atoms with Gasteiger partial charge in [-0.05, 0) is 30.7 Å². The second-order valence-electron chi connectivity index (χ2n) is 5.07. The van der Waals surface area contributed by atoms with Crippen molar-refractivity contribution in [3.63, 3.8) is 0 Å². The molecule has 1 aromatic rings. The molecule has 1 amide bonds. The van der Waals surface area contributed by atoms with Crippen LogP contribution in [-0.4, -0.2) is 12.5 Å². The van der Waals surface area contributed by atoms with Crippen molar-refractivity contribution in [3.05, 3.63) is 35.0 Å². The van der Waals surface area contributed by atoms with Gasteiger partial charge in [-0.1, -0.05) is 25.0 Å². The molecule has 98 valence electrons.